The summed E-state index contributed by atoms with van der Waals surface area (Å²) in [6.45, 7) is 1.10. The van der Waals surface area contributed by atoms with Crippen molar-refractivity contribution in [2.75, 3.05) is 0 Å². The standard InChI is InChI=1S/C9H8O7S.3Na/c1-4-2-5(8(10)11)3-6(9(12)13)7(4)17(14,15)16;;;/h2-3H,1H3,(H,10,11)(H,12,13)(H,14,15,16);;;/q;3*+1/p-3. The fourth-order valence-electron chi connectivity index (χ4n) is 1.38. The van der Waals surface area contributed by atoms with Gasteiger partial charge in [-0.05, 0) is 30.2 Å². The first-order chi connectivity index (χ1) is 7.64. The summed E-state index contributed by atoms with van der Waals surface area (Å²) in [6, 6.07) is 1.36. The van der Waals surface area contributed by atoms with E-state index in [1.54, 1.807) is 0 Å². The number of carboxylic acids is 2. The van der Waals surface area contributed by atoms with Crippen LogP contribution in [0.4, 0.5) is 0 Å². The molecule has 0 unspecified atom stereocenters. The molecule has 0 aliphatic carbocycles. The Hall–Kier alpha value is 1.07. The Labute approximate surface area is 181 Å². The minimum absolute atomic E-state index is 0. The second kappa shape index (κ2) is 9.96. The topological polar surface area (TPSA) is 137 Å². The second-order valence-corrected chi connectivity index (χ2v) is 4.52. The molecule has 0 saturated carbocycles. The van der Waals surface area contributed by atoms with Crippen molar-refractivity contribution in [3.8, 4) is 0 Å². The predicted molar refractivity (Wildman–Crippen MR) is 47.8 cm³/mol. The first kappa shape index (κ1) is 26.0. The zero-order valence-corrected chi connectivity index (χ0v) is 18.2. The minimum Gasteiger partial charge on any atom is -0.744 e. The summed E-state index contributed by atoms with van der Waals surface area (Å²) < 4.78 is 32.6. The number of aryl methyl sites for hydroxylation is 1. The van der Waals surface area contributed by atoms with Crippen LogP contribution >= 0.6 is 0 Å². The second-order valence-electron chi connectivity index (χ2n) is 3.20. The van der Waals surface area contributed by atoms with Gasteiger partial charge in [-0.2, -0.15) is 0 Å². The van der Waals surface area contributed by atoms with E-state index in [1.807, 2.05) is 0 Å². The van der Waals surface area contributed by atoms with Crippen molar-refractivity contribution in [1.29, 1.82) is 0 Å². The van der Waals surface area contributed by atoms with Crippen molar-refractivity contribution < 1.29 is 121 Å². The van der Waals surface area contributed by atoms with Crippen LogP contribution in [0.25, 0.3) is 0 Å². The summed E-state index contributed by atoms with van der Waals surface area (Å²) in [5.74, 6) is -3.64. The van der Waals surface area contributed by atoms with Gasteiger partial charge >= 0.3 is 88.7 Å². The average Bonchev–Trinajstić information content (AvgIpc) is 2.13. The zero-order chi connectivity index (χ0) is 13.4. The van der Waals surface area contributed by atoms with Gasteiger partial charge in [-0.3, -0.25) is 0 Å². The maximum absolute atomic E-state index is 10.9. The molecular weight excluding hydrogens is 321 g/mol. The first-order valence-corrected chi connectivity index (χ1v) is 5.58. The molecule has 20 heavy (non-hydrogen) atoms. The molecule has 1 aromatic carbocycles. The van der Waals surface area contributed by atoms with E-state index in [0.29, 0.717) is 6.07 Å². The molecule has 1 aromatic rings. The molecule has 0 spiro atoms. The molecule has 0 aromatic heterocycles. The molecule has 7 nitrogen and oxygen atoms in total. The van der Waals surface area contributed by atoms with Crippen LogP contribution in [0.15, 0.2) is 17.0 Å². The molecule has 0 N–H and O–H groups in total. The Morgan fingerprint density at radius 3 is 1.75 bits per heavy atom. The van der Waals surface area contributed by atoms with Gasteiger partial charge in [0.1, 0.15) is 10.1 Å². The summed E-state index contributed by atoms with van der Waals surface area (Å²) in [6.07, 6.45) is 0. The first-order valence-electron chi connectivity index (χ1n) is 4.18. The number of carbonyl (C=O) groups excluding carboxylic acids is 2. The number of benzene rings is 1. The molecule has 0 aliphatic rings. The number of carbonyl (C=O) groups is 2. The van der Waals surface area contributed by atoms with E-state index >= 15 is 0 Å². The molecule has 1 rings (SSSR count). The summed E-state index contributed by atoms with van der Waals surface area (Å²) in [5, 5.41) is 21.2. The van der Waals surface area contributed by atoms with E-state index < -0.39 is 38.1 Å². The van der Waals surface area contributed by atoms with E-state index in [-0.39, 0.29) is 94.2 Å². The van der Waals surface area contributed by atoms with Gasteiger partial charge in [0.05, 0.1) is 16.8 Å². The van der Waals surface area contributed by atoms with E-state index in [0.717, 1.165) is 13.0 Å². The predicted octanol–water partition coefficient (Wildman–Crippen LogP) is -11.4. The van der Waals surface area contributed by atoms with Crippen molar-refractivity contribution in [1.82, 2.24) is 0 Å². The smallest absolute Gasteiger partial charge is 0.744 e. The summed E-state index contributed by atoms with van der Waals surface area (Å²) in [4.78, 5) is 20.2. The van der Waals surface area contributed by atoms with E-state index in [4.69, 9.17) is 0 Å². The number of hydrogen-bond acceptors (Lipinski definition) is 7. The third-order valence-corrected chi connectivity index (χ3v) is 3.02. The van der Waals surface area contributed by atoms with Gasteiger partial charge in [0.2, 0.25) is 0 Å². The molecule has 0 heterocycles. The normalized spacial score (nSPS) is 9.50. The van der Waals surface area contributed by atoms with Crippen molar-refractivity contribution in [2.24, 2.45) is 0 Å². The minimum atomic E-state index is -5.04. The third kappa shape index (κ3) is 6.45. The molecule has 0 bridgehead atoms. The molecule has 0 amide bonds. The number of carboxylic acid groups (broad SMARTS) is 2. The van der Waals surface area contributed by atoms with Gasteiger partial charge in [-0.25, -0.2) is 8.42 Å². The van der Waals surface area contributed by atoms with Gasteiger partial charge in [-0.15, -0.1) is 0 Å². The van der Waals surface area contributed by atoms with Crippen LogP contribution in [0.5, 0.6) is 0 Å². The van der Waals surface area contributed by atoms with E-state index in [9.17, 15) is 32.8 Å². The molecule has 0 aliphatic heterocycles. The van der Waals surface area contributed by atoms with Crippen molar-refractivity contribution in [2.45, 2.75) is 11.8 Å². The van der Waals surface area contributed by atoms with Crippen LogP contribution in [0.2, 0.25) is 0 Å². The van der Waals surface area contributed by atoms with Gasteiger partial charge < -0.3 is 24.4 Å². The van der Waals surface area contributed by atoms with Gasteiger partial charge in [0, 0.05) is 5.56 Å². The molecule has 11 heteroatoms. The maximum Gasteiger partial charge on any atom is 1.00 e. The van der Waals surface area contributed by atoms with Gasteiger partial charge in [0.15, 0.2) is 0 Å². The fourth-order valence-corrected chi connectivity index (χ4v) is 2.24. The SMILES string of the molecule is Cc1cc(C(=O)[O-])cc(C(=O)[O-])c1S(=O)(=O)[O-].[Na+].[Na+].[Na+]. The Morgan fingerprint density at radius 1 is 1.00 bits per heavy atom. The average molecular weight is 326 g/mol. The van der Waals surface area contributed by atoms with E-state index in [2.05, 4.69) is 0 Å². The number of rotatable bonds is 3. The molecule has 92 valence electrons. The molecular formula is C9H5Na3O7S. The van der Waals surface area contributed by atoms with Crippen LogP contribution in [0.3, 0.4) is 0 Å². The molecule has 0 radical (unpaired) electrons. The van der Waals surface area contributed by atoms with Crippen molar-refractivity contribution in [3.05, 3.63) is 28.8 Å². The van der Waals surface area contributed by atoms with Crippen molar-refractivity contribution >= 4 is 22.1 Å². The number of aromatic carboxylic acids is 2. The fraction of sp³-hybridized carbons (Fsp3) is 0.111. The van der Waals surface area contributed by atoms with Crippen LogP contribution in [-0.4, -0.2) is 24.9 Å². The Balaban J connectivity index is -0.000000963. The monoisotopic (exact) mass is 326 g/mol. The van der Waals surface area contributed by atoms with Crippen molar-refractivity contribution in [3.63, 3.8) is 0 Å². The zero-order valence-electron chi connectivity index (χ0n) is 11.4. The quantitative estimate of drug-likeness (QED) is 0.397. The van der Waals surface area contributed by atoms with Crippen LogP contribution < -0.4 is 98.9 Å². The molecule has 0 fully saturated rings. The van der Waals surface area contributed by atoms with Crippen LogP contribution in [-0.2, 0) is 10.1 Å². The Bertz CT molecular complexity index is 612. The Morgan fingerprint density at radius 2 is 1.45 bits per heavy atom. The van der Waals surface area contributed by atoms with Gasteiger partial charge in [0.25, 0.3) is 0 Å². The van der Waals surface area contributed by atoms with E-state index in [1.165, 1.54) is 0 Å². The summed E-state index contributed by atoms with van der Waals surface area (Å²) >= 11 is 0. The van der Waals surface area contributed by atoms with Gasteiger partial charge in [-0.1, -0.05) is 0 Å². The summed E-state index contributed by atoms with van der Waals surface area (Å²) in [7, 11) is -5.04. The summed E-state index contributed by atoms with van der Waals surface area (Å²) in [5.41, 5.74) is -1.82. The largest absolute Gasteiger partial charge is 1.00 e. The van der Waals surface area contributed by atoms with Crippen LogP contribution in [0, 0.1) is 6.92 Å². The molecule has 0 atom stereocenters. The Kier molecular flexibility index (Phi) is 12.9. The third-order valence-electron chi connectivity index (χ3n) is 1.98. The molecule has 0 saturated heterocycles. The number of hydrogen-bond donors (Lipinski definition) is 0. The van der Waals surface area contributed by atoms with Crippen LogP contribution in [0.1, 0.15) is 26.3 Å². The maximum atomic E-state index is 10.9.